The van der Waals surface area contributed by atoms with Crippen molar-refractivity contribution >= 4 is 28.3 Å². The number of halogens is 1. The lowest BCUT2D eigenvalue weighted by molar-refractivity contribution is -0.116. The van der Waals surface area contributed by atoms with E-state index in [0.29, 0.717) is 17.5 Å². The molecule has 0 spiro atoms. The Morgan fingerprint density at radius 2 is 2.07 bits per heavy atom. The van der Waals surface area contributed by atoms with Crippen molar-refractivity contribution < 1.29 is 14.0 Å². The zero-order valence-electron chi connectivity index (χ0n) is 17.2. The van der Waals surface area contributed by atoms with Gasteiger partial charge < -0.3 is 16.0 Å². The molecule has 2 aliphatic rings. The molecule has 0 saturated heterocycles. The van der Waals surface area contributed by atoms with Gasteiger partial charge in [0.25, 0.3) is 11.8 Å². The SMILES string of the molecule is CC#CC(=O)NC1CCC=C(c2c(F)cc(C(N)=O)c3[nH]c4c(c23)CCCCC4)C1. The second kappa shape index (κ2) is 8.35. The van der Waals surface area contributed by atoms with Crippen LogP contribution in [0.5, 0.6) is 0 Å². The predicted molar refractivity (Wildman–Crippen MR) is 115 cm³/mol. The molecule has 0 fully saturated rings. The molecular formula is C24H26FN3O2. The molecule has 1 aromatic carbocycles. The molecular weight excluding hydrogens is 381 g/mol. The van der Waals surface area contributed by atoms with E-state index in [1.165, 1.54) is 6.07 Å². The Bertz CT molecular complexity index is 1120. The largest absolute Gasteiger partial charge is 0.366 e. The van der Waals surface area contributed by atoms with Crippen LogP contribution in [0.2, 0.25) is 0 Å². The van der Waals surface area contributed by atoms with Gasteiger partial charge in [0.1, 0.15) is 5.82 Å². The number of fused-ring (bicyclic) bond motifs is 3. The fraction of sp³-hybridized carbons (Fsp3) is 0.417. The van der Waals surface area contributed by atoms with Crippen LogP contribution in [-0.4, -0.2) is 22.8 Å². The molecule has 0 saturated carbocycles. The highest BCUT2D eigenvalue weighted by molar-refractivity contribution is 6.09. The molecule has 1 aromatic heterocycles. The molecule has 4 N–H and O–H groups in total. The fourth-order valence-electron chi connectivity index (χ4n) is 4.81. The van der Waals surface area contributed by atoms with Crippen molar-refractivity contribution in [3.8, 4) is 11.8 Å². The Hall–Kier alpha value is -3.07. The van der Waals surface area contributed by atoms with Crippen molar-refractivity contribution in [2.75, 3.05) is 0 Å². The van der Waals surface area contributed by atoms with Gasteiger partial charge in [0.2, 0.25) is 0 Å². The molecule has 2 amide bonds. The number of H-pyrrole nitrogens is 1. The normalized spacial score (nSPS) is 18.6. The van der Waals surface area contributed by atoms with Gasteiger partial charge in [0.15, 0.2) is 0 Å². The van der Waals surface area contributed by atoms with Crippen molar-refractivity contribution in [2.45, 2.75) is 64.3 Å². The summed E-state index contributed by atoms with van der Waals surface area (Å²) in [6, 6.07) is 1.16. The number of hydrogen-bond acceptors (Lipinski definition) is 2. The van der Waals surface area contributed by atoms with Crippen LogP contribution < -0.4 is 11.1 Å². The number of aromatic amines is 1. The number of allylic oxidation sites excluding steroid dienone is 1. The van der Waals surface area contributed by atoms with Gasteiger partial charge in [0, 0.05) is 22.7 Å². The Kier molecular flexibility index (Phi) is 5.63. The highest BCUT2D eigenvalue weighted by atomic mass is 19.1. The zero-order valence-corrected chi connectivity index (χ0v) is 17.2. The number of rotatable bonds is 3. The first-order valence-corrected chi connectivity index (χ1v) is 10.6. The lowest BCUT2D eigenvalue weighted by Crippen LogP contribution is -2.35. The van der Waals surface area contributed by atoms with Crippen molar-refractivity contribution in [1.29, 1.82) is 0 Å². The highest BCUT2D eigenvalue weighted by Crippen LogP contribution is 2.40. The van der Waals surface area contributed by atoms with Crippen LogP contribution in [0.3, 0.4) is 0 Å². The Morgan fingerprint density at radius 3 is 2.83 bits per heavy atom. The van der Waals surface area contributed by atoms with Gasteiger partial charge in [-0.05, 0) is 75.0 Å². The van der Waals surface area contributed by atoms with Crippen LogP contribution in [0.4, 0.5) is 4.39 Å². The third-order valence-electron chi connectivity index (χ3n) is 6.11. The summed E-state index contributed by atoms with van der Waals surface area (Å²) in [5.41, 5.74) is 9.98. The molecule has 0 aliphatic heterocycles. The number of benzene rings is 1. The van der Waals surface area contributed by atoms with Gasteiger partial charge in [-0.1, -0.05) is 18.4 Å². The average molecular weight is 407 g/mol. The molecule has 6 heteroatoms. The second-order valence-corrected chi connectivity index (χ2v) is 8.09. The number of nitrogens with one attached hydrogen (secondary N) is 2. The Balaban J connectivity index is 1.83. The minimum absolute atomic E-state index is 0.0961. The summed E-state index contributed by atoms with van der Waals surface area (Å²) in [6.45, 7) is 1.62. The second-order valence-electron chi connectivity index (χ2n) is 8.09. The Labute approximate surface area is 175 Å². The van der Waals surface area contributed by atoms with Crippen LogP contribution in [0.15, 0.2) is 12.1 Å². The highest BCUT2D eigenvalue weighted by Gasteiger charge is 2.27. The first kappa shape index (κ1) is 20.2. The molecule has 0 radical (unpaired) electrons. The number of amides is 2. The third kappa shape index (κ3) is 3.72. The summed E-state index contributed by atoms with van der Waals surface area (Å²) < 4.78 is 15.4. The van der Waals surface area contributed by atoms with Crippen LogP contribution in [0.1, 0.15) is 72.6 Å². The molecule has 1 unspecified atom stereocenters. The van der Waals surface area contributed by atoms with E-state index in [-0.39, 0.29) is 17.5 Å². The van der Waals surface area contributed by atoms with Gasteiger partial charge in [-0.2, -0.15) is 0 Å². The smallest absolute Gasteiger partial charge is 0.296 e. The topological polar surface area (TPSA) is 88.0 Å². The average Bonchev–Trinajstić information content (AvgIpc) is 2.90. The third-order valence-corrected chi connectivity index (χ3v) is 6.11. The number of primary amides is 1. The van der Waals surface area contributed by atoms with Crippen LogP contribution in [0, 0.1) is 17.7 Å². The van der Waals surface area contributed by atoms with E-state index in [0.717, 1.165) is 67.2 Å². The summed E-state index contributed by atoms with van der Waals surface area (Å²) in [6.07, 6.45) is 9.08. The maximum Gasteiger partial charge on any atom is 0.296 e. The number of hydrogen-bond donors (Lipinski definition) is 3. The van der Waals surface area contributed by atoms with Crippen molar-refractivity contribution in [3.05, 3.63) is 40.3 Å². The standard InChI is InChI=1S/C24H26FN3O2/c1-2-7-20(29)27-15-9-6-8-14(12-15)21-18(25)13-17(24(26)30)23-22(21)16-10-4-3-5-11-19(16)28-23/h8,13,15,28H,3-6,9-12H2,1H3,(H2,26,30)(H,27,29). The molecule has 156 valence electrons. The van der Waals surface area contributed by atoms with Crippen LogP contribution in [0.25, 0.3) is 16.5 Å². The molecule has 2 aliphatic carbocycles. The summed E-state index contributed by atoms with van der Waals surface area (Å²) in [4.78, 5) is 27.3. The summed E-state index contributed by atoms with van der Waals surface area (Å²) in [5.74, 6) is 3.72. The number of carbonyl (C=O) groups excluding carboxylic acids is 2. The summed E-state index contributed by atoms with van der Waals surface area (Å²) >= 11 is 0. The molecule has 1 heterocycles. The van der Waals surface area contributed by atoms with E-state index in [1.54, 1.807) is 6.92 Å². The number of nitrogens with two attached hydrogens (primary N) is 1. The number of aromatic nitrogens is 1. The summed E-state index contributed by atoms with van der Waals surface area (Å²) in [7, 11) is 0. The quantitative estimate of drug-likeness (QED) is 0.534. The van der Waals surface area contributed by atoms with Gasteiger partial charge in [0.05, 0.1) is 11.1 Å². The van der Waals surface area contributed by atoms with Gasteiger partial charge in [-0.15, -0.1) is 0 Å². The van der Waals surface area contributed by atoms with E-state index < -0.39 is 11.7 Å². The van der Waals surface area contributed by atoms with E-state index >= 15 is 4.39 Å². The van der Waals surface area contributed by atoms with E-state index in [1.807, 2.05) is 6.08 Å². The van der Waals surface area contributed by atoms with Crippen molar-refractivity contribution in [2.24, 2.45) is 5.73 Å². The predicted octanol–water partition coefficient (Wildman–Crippen LogP) is 3.75. The minimum Gasteiger partial charge on any atom is -0.366 e. The Morgan fingerprint density at radius 1 is 1.27 bits per heavy atom. The zero-order chi connectivity index (χ0) is 21.3. The summed E-state index contributed by atoms with van der Waals surface area (Å²) in [5, 5.41) is 3.71. The number of carbonyl (C=O) groups is 2. The van der Waals surface area contributed by atoms with Gasteiger partial charge in [-0.25, -0.2) is 4.39 Å². The molecule has 4 rings (SSSR count). The maximum atomic E-state index is 15.4. The first-order chi connectivity index (χ1) is 14.5. The van der Waals surface area contributed by atoms with E-state index in [2.05, 4.69) is 22.1 Å². The number of aryl methyl sites for hydroxylation is 2. The van der Waals surface area contributed by atoms with Crippen LogP contribution >= 0.6 is 0 Å². The van der Waals surface area contributed by atoms with Gasteiger partial charge >= 0.3 is 0 Å². The fourth-order valence-corrected chi connectivity index (χ4v) is 4.81. The van der Waals surface area contributed by atoms with Crippen molar-refractivity contribution in [1.82, 2.24) is 10.3 Å². The molecule has 30 heavy (non-hydrogen) atoms. The molecule has 0 bridgehead atoms. The van der Waals surface area contributed by atoms with E-state index in [9.17, 15) is 9.59 Å². The monoisotopic (exact) mass is 407 g/mol. The minimum atomic E-state index is -0.636. The van der Waals surface area contributed by atoms with E-state index in [4.69, 9.17) is 5.73 Å². The first-order valence-electron chi connectivity index (χ1n) is 10.6. The van der Waals surface area contributed by atoms with Crippen molar-refractivity contribution in [3.63, 3.8) is 0 Å². The van der Waals surface area contributed by atoms with Crippen LogP contribution in [-0.2, 0) is 17.6 Å². The van der Waals surface area contributed by atoms with Gasteiger partial charge in [-0.3, -0.25) is 9.59 Å². The molecule has 1 atom stereocenters. The molecule has 5 nitrogen and oxygen atoms in total. The maximum absolute atomic E-state index is 15.4. The lowest BCUT2D eigenvalue weighted by Gasteiger charge is -2.24. The molecule has 2 aromatic rings. The lowest BCUT2D eigenvalue weighted by atomic mass is 9.86.